The van der Waals surface area contributed by atoms with Crippen molar-refractivity contribution >= 4 is 11.9 Å². The zero-order valence-electron chi connectivity index (χ0n) is 19.1. The fourth-order valence-electron chi connectivity index (χ4n) is 4.20. The SMILES string of the molecule is Nc1ncc(-c2ccc(F)cc2)n1CCCCCCCCn1c(-c2ccc(F)cc2)cnc1N. The molecular formula is C26H30F2N6. The Kier molecular flexibility index (Phi) is 7.57. The molecule has 4 aromatic rings. The van der Waals surface area contributed by atoms with Gasteiger partial charge in [-0.15, -0.1) is 0 Å². The first-order valence-electron chi connectivity index (χ1n) is 11.7. The molecule has 2 aromatic carbocycles. The van der Waals surface area contributed by atoms with E-state index in [2.05, 4.69) is 9.97 Å². The number of hydrogen-bond acceptors (Lipinski definition) is 4. The first-order valence-corrected chi connectivity index (χ1v) is 11.7. The van der Waals surface area contributed by atoms with Gasteiger partial charge in [0.25, 0.3) is 0 Å². The van der Waals surface area contributed by atoms with Gasteiger partial charge in [-0.05, 0) is 61.4 Å². The maximum Gasteiger partial charge on any atom is 0.200 e. The third kappa shape index (κ3) is 5.62. The van der Waals surface area contributed by atoms with E-state index in [1.807, 2.05) is 9.13 Å². The lowest BCUT2D eigenvalue weighted by molar-refractivity contribution is 0.536. The normalized spacial score (nSPS) is 11.2. The van der Waals surface area contributed by atoms with Crippen LogP contribution in [0.4, 0.5) is 20.7 Å². The predicted molar refractivity (Wildman–Crippen MR) is 132 cm³/mol. The standard InChI is InChI=1S/C26H30F2N6/c27-21-11-7-19(8-12-21)23-17-31-25(29)33(23)15-5-3-1-2-4-6-16-34-24(18-32-26(34)30)20-9-13-22(28)14-10-20/h7-14,17-18H,1-6,15-16H2,(H2,29,31)(H2,30,32). The van der Waals surface area contributed by atoms with Crippen LogP contribution >= 0.6 is 0 Å². The Morgan fingerprint density at radius 3 is 1.29 bits per heavy atom. The lowest BCUT2D eigenvalue weighted by Gasteiger charge is -2.11. The Hall–Kier alpha value is -3.68. The lowest BCUT2D eigenvalue weighted by Crippen LogP contribution is -2.06. The van der Waals surface area contributed by atoms with Crippen LogP contribution in [0.25, 0.3) is 22.5 Å². The molecule has 0 unspecified atom stereocenters. The van der Waals surface area contributed by atoms with Crippen LogP contribution in [0.5, 0.6) is 0 Å². The number of unbranched alkanes of at least 4 members (excludes halogenated alkanes) is 5. The van der Waals surface area contributed by atoms with E-state index in [1.165, 1.54) is 24.3 Å². The molecule has 0 aliphatic rings. The predicted octanol–water partition coefficient (Wildman–Crippen LogP) is 5.90. The van der Waals surface area contributed by atoms with Crippen LogP contribution in [0, 0.1) is 11.6 Å². The van der Waals surface area contributed by atoms with Gasteiger partial charge in [-0.2, -0.15) is 0 Å². The number of hydrogen-bond donors (Lipinski definition) is 2. The number of imidazole rings is 2. The van der Waals surface area contributed by atoms with Gasteiger partial charge in [0.1, 0.15) is 11.6 Å². The molecule has 0 radical (unpaired) electrons. The maximum absolute atomic E-state index is 13.2. The molecule has 0 amide bonds. The monoisotopic (exact) mass is 464 g/mol. The van der Waals surface area contributed by atoms with Gasteiger partial charge >= 0.3 is 0 Å². The summed E-state index contributed by atoms with van der Waals surface area (Å²) in [6.07, 6.45) is 9.92. The second-order valence-corrected chi connectivity index (χ2v) is 8.44. The van der Waals surface area contributed by atoms with E-state index in [0.29, 0.717) is 11.9 Å². The van der Waals surface area contributed by atoms with Crippen molar-refractivity contribution in [2.45, 2.75) is 51.6 Å². The number of rotatable bonds is 11. The minimum atomic E-state index is -0.259. The summed E-state index contributed by atoms with van der Waals surface area (Å²) in [5, 5.41) is 0. The molecule has 0 fully saturated rings. The minimum absolute atomic E-state index is 0.259. The van der Waals surface area contributed by atoms with Gasteiger partial charge in [0.2, 0.25) is 11.9 Å². The van der Waals surface area contributed by atoms with Crippen molar-refractivity contribution in [3.8, 4) is 22.5 Å². The van der Waals surface area contributed by atoms with Crippen molar-refractivity contribution in [3.05, 3.63) is 72.6 Å². The molecular weight excluding hydrogens is 434 g/mol. The largest absolute Gasteiger partial charge is 0.369 e. The fraction of sp³-hybridized carbons (Fsp3) is 0.308. The second-order valence-electron chi connectivity index (χ2n) is 8.44. The van der Waals surface area contributed by atoms with E-state index >= 15 is 0 Å². The molecule has 0 spiro atoms. The van der Waals surface area contributed by atoms with Crippen LogP contribution < -0.4 is 11.5 Å². The molecule has 0 bridgehead atoms. The van der Waals surface area contributed by atoms with Crippen molar-refractivity contribution in [2.75, 3.05) is 11.5 Å². The molecule has 6 nitrogen and oxygen atoms in total. The van der Waals surface area contributed by atoms with Crippen LogP contribution in [0.2, 0.25) is 0 Å². The van der Waals surface area contributed by atoms with E-state index < -0.39 is 0 Å². The summed E-state index contributed by atoms with van der Waals surface area (Å²) in [4.78, 5) is 8.46. The molecule has 0 aliphatic heterocycles. The zero-order valence-corrected chi connectivity index (χ0v) is 19.1. The van der Waals surface area contributed by atoms with Crippen molar-refractivity contribution in [2.24, 2.45) is 0 Å². The summed E-state index contributed by atoms with van der Waals surface area (Å²) in [6, 6.07) is 12.8. The first kappa shape index (κ1) is 23.5. The molecule has 0 saturated heterocycles. The molecule has 2 aromatic heterocycles. The molecule has 0 aliphatic carbocycles. The summed E-state index contributed by atoms with van der Waals surface area (Å²) in [7, 11) is 0. The molecule has 4 N–H and O–H groups in total. The summed E-state index contributed by atoms with van der Waals surface area (Å²) in [6.45, 7) is 1.57. The molecule has 4 rings (SSSR count). The van der Waals surface area contributed by atoms with Crippen LogP contribution in [0.1, 0.15) is 38.5 Å². The molecule has 178 valence electrons. The van der Waals surface area contributed by atoms with E-state index in [0.717, 1.165) is 74.1 Å². The average molecular weight is 465 g/mol. The number of nitrogens with zero attached hydrogens (tertiary/aromatic N) is 4. The Labute approximate surface area is 198 Å². The molecule has 0 saturated carbocycles. The van der Waals surface area contributed by atoms with Gasteiger partial charge in [-0.25, -0.2) is 18.7 Å². The number of aromatic nitrogens is 4. The number of nitrogens with two attached hydrogens (primary N) is 2. The number of halogens is 2. The Morgan fingerprint density at radius 1 is 0.559 bits per heavy atom. The highest BCUT2D eigenvalue weighted by Crippen LogP contribution is 2.24. The molecule has 2 heterocycles. The highest BCUT2D eigenvalue weighted by Gasteiger charge is 2.11. The van der Waals surface area contributed by atoms with Gasteiger partial charge in [-0.3, -0.25) is 0 Å². The van der Waals surface area contributed by atoms with E-state index in [4.69, 9.17) is 11.5 Å². The van der Waals surface area contributed by atoms with Gasteiger partial charge in [0.05, 0.1) is 23.8 Å². The maximum atomic E-state index is 13.2. The quantitative estimate of drug-likeness (QED) is 0.271. The topological polar surface area (TPSA) is 87.7 Å². The summed E-state index contributed by atoms with van der Waals surface area (Å²) in [5.41, 5.74) is 15.7. The van der Waals surface area contributed by atoms with Gasteiger partial charge in [-0.1, -0.05) is 25.7 Å². The number of anilines is 2. The Balaban J connectivity index is 1.20. The third-order valence-corrected chi connectivity index (χ3v) is 6.07. The summed E-state index contributed by atoms with van der Waals surface area (Å²) in [5.74, 6) is 0.443. The zero-order chi connectivity index (χ0) is 23.9. The van der Waals surface area contributed by atoms with E-state index in [1.54, 1.807) is 36.7 Å². The fourth-order valence-corrected chi connectivity index (χ4v) is 4.20. The third-order valence-electron chi connectivity index (χ3n) is 6.07. The van der Waals surface area contributed by atoms with E-state index in [9.17, 15) is 8.78 Å². The molecule has 0 atom stereocenters. The lowest BCUT2D eigenvalue weighted by atomic mass is 10.1. The van der Waals surface area contributed by atoms with Crippen molar-refractivity contribution in [1.29, 1.82) is 0 Å². The van der Waals surface area contributed by atoms with Gasteiger partial charge < -0.3 is 20.6 Å². The van der Waals surface area contributed by atoms with Crippen LogP contribution in [0.15, 0.2) is 60.9 Å². The summed E-state index contributed by atoms with van der Waals surface area (Å²) >= 11 is 0. The highest BCUT2D eigenvalue weighted by atomic mass is 19.1. The summed E-state index contributed by atoms with van der Waals surface area (Å²) < 4.78 is 30.4. The number of benzene rings is 2. The first-order chi connectivity index (χ1) is 16.5. The van der Waals surface area contributed by atoms with Crippen molar-refractivity contribution in [1.82, 2.24) is 19.1 Å². The second kappa shape index (κ2) is 11.0. The highest BCUT2D eigenvalue weighted by molar-refractivity contribution is 5.61. The minimum Gasteiger partial charge on any atom is -0.369 e. The molecule has 8 heteroatoms. The smallest absolute Gasteiger partial charge is 0.200 e. The van der Waals surface area contributed by atoms with Gasteiger partial charge in [0, 0.05) is 24.2 Å². The van der Waals surface area contributed by atoms with Crippen LogP contribution in [0.3, 0.4) is 0 Å². The van der Waals surface area contributed by atoms with Gasteiger partial charge in [0.15, 0.2) is 0 Å². The van der Waals surface area contributed by atoms with Crippen LogP contribution in [-0.2, 0) is 13.1 Å². The van der Waals surface area contributed by atoms with Crippen LogP contribution in [-0.4, -0.2) is 19.1 Å². The van der Waals surface area contributed by atoms with E-state index in [-0.39, 0.29) is 11.6 Å². The average Bonchev–Trinajstić information content (AvgIpc) is 3.39. The number of nitrogen functional groups attached to an aromatic ring is 2. The Morgan fingerprint density at radius 2 is 0.912 bits per heavy atom. The van der Waals surface area contributed by atoms with Crippen molar-refractivity contribution < 1.29 is 8.78 Å². The van der Waals surface area contributed by atoms with Crippen molar-refractivity contribution in [3.63, 3.8) is 0 Å². The molecule has 34 heavy (non-hydrogen) atoms. The Bertz CT molecular complexity index is 1100.